The van der Waals surface area contributed by atoms with Crippen LogP contribution in [0.25, 0.3) is 0 Å². The van der Waals surface area contributed by atoms with E-state index in [-0.39, 0.29) is 5.91 Å². The zero-order chi connectivity index (χ0) is 12.5. The van der Waals surface area contributed by atoms with Gasteiger partial charge in [-0.2, -0.15) is 0 Å². The Hall–Kier alpha value is -2.29. The Labute approximate surface area is 106 Å². The maximum Gasteiger partial charge on any atom is 0.254 e. The Morgan fingerprint density at radius 2 is 1.72 bits per heavy atom. The summed E-state index contributed by atoms with van der Waals surface area (Å²) in [6, 6.07) is 15.2. The van der Waals surface area contributed by atoms with E-state index in [0.29, 0.717) is 13.1 Å². The molecule has 18 heavy (non-hydrogen) atoms. The van der Waals surface area contributed by atoms with Crippen LogP contribution >= 0.6 is 0 Å². The number of nitrogens with zero attached hydrogens (tertiary/aromatic N) is 1. The van der Waals surface area contributed by atoms with Crippen molar-refractivity contribution in [2.45, 2.75) is 13.1 Å². The van der Waals surface area contributed by atoms with Gasteiger partial charge in [0, 0.05) is 24.3 Å². The third kappa shape index (κ3) is 1.84. The fraction of sp³-hybridized carbons (Fsp3) is 0.133. The van der Waals surface area contributed by atoms with Crippen molar-refractivity contribution in [3.8, 4) is 0 Å². The molecular formula is C15H14N2O. The lowest BCUT2D eigenvalue weighted by Gasteiger charge is -2.15. The van der Waals surface area contributed by atoms with Crippen LogP contribution in [0.3, 0.4) is 0 Å². The molecule has 0 saturated heterocycles. The topological polar surface area (TPSA) is 46.3 Å². The molecular weight excluding hydrogens is 224 g/mol. The van der Waals surface area contributed by atoms with Gasteiger partial charge in [-0.15, -0.1) is 0 Å². The Bertz CT molecular complexity index is 593. The lowest BCUT2D eigenvalue weighted by molar-refractivity contribution is 0.0751. The van der Waals surface area contributed by atoms with Gasteiger partial charge in [-0.3, -0.25) is 4.79 Å². The highest BCUT2D eigenvalue weighted by molar-refractivity contribution is 5.94. The van der Waals surface area contributed by atoms with Crippen molar-refractivity contribution in [1.82, 2.24) is 4.90 Å². The standard InChI is InChI=1S/C15H14N2O/c16-14-7-6-12-9-17(10-13(12)8-14)15(18)11-4-2-1-3-5-11/h1-8H,9-10,16H2. The summed E-state index contributed by atoms with van der Waals surface area (Å²) in [6.45, 7) is 1.32. The highest BCUT2D eigenvalue weighted by Gasteiger charge is 2.23. The first-order valence-electron chi connectivity index (χ1n) is 5.95. The second-order valence-electron chi connectivity index (χ2n) is 4.56. The molecule has 0 radical (unpaired) electrons. The van der Waals surface area contributed by atoms with Gasteiger partial charge in [-0.1, -0.05) is 24.3 Å². The van der Waals surface area contributed by atoms with Gasteiger partial charge in [0.05, 0.1) is 0 Å². The average molecular weight is 238 g/mol. The Morgan fingerprint density at radius 1 is 1.00 bits per heavy atom. The number of hydrogen-bond acceptors (Lipinski definition) is 2. The summed E-state index contributed by atoms with van der Waals surface area (Å²) in [5, 5.41) is 0. The van der Waals surface area contributed by atoms with E-state index in [2.05, 4.69) is 0 Å². The van der Waals surface area contributed by atoms with E-state index in [1.54, 1.807) is 0 Å². The first-order chi connectivity index (χ1) is 8.74. The molecule has 0 unspecified atom stereocenters. The van der Waals surface area contributed by atoms with Gasteiger partial charge in [-0.25, -0.2) is 0 Å². The van der Waals surface area contributed by atoms with Gasteiger partial charge < -0.3 is 10.6 Å². The Morgan fingerprint density at radius 3 is 2.50 bits per heavy atom. The number of rotatable bonds is 1. The number of anilines is 1. The molecule has 0 aromatic heterocycles. The molecule has 3 heteroatoms. The van der Waals surface area contributed by atoms with Crippen LogP contribution in [0.5, 0.6) is 0 Å². The predicted molar refractivity (Wildman–Crippen MR) is 70.9 cm³/mol. The number of fused-ring (bicyclic) bond motifs is 1. The molecule has 0 fully saturated rings. The molecule has 0 spiro atoms. The monoisotopic (exact) mass is 238 g/mol. The Kier molecular flexibility index (Phi) is 2.52. The fourth-order valence-corrected chi connectivity index (χ4v) is 2.32. The van der Waals surface area contributed by atoms with Gasteiger partial charge in [-0.05, 0) is 35.4 Å². The Balaban J connectivity index is 1.84. The van der Waals surface area contributed by atoms with Crippen LogP contribution in [0.1, 0.15) is 21.5 Å². The van der Waals surface area contributed by atoms with Crippen LogP contribution in [-0.4, -0.2) is 10.8 Å². The molecule has 0 aliphatic carbocycles. The van der Waals surface area contributed by atoms with E-state index in [1.807, 2.05) is 53.4 Å². The zero-order valence-electron chi connectivity index (χ0n) is 9.97. The van der Waals surface area contributed by atoms with Crippen molar-refractivity contribution in [3.05, 3.63) is 65.2 Å². The van der Waals surface area contributed by atoms with Crippen LogP contribution in [0, 0.1) is 0 Å². The van der Waals surface area contributed by atoms with Crippen molar-refractivity contribution in [2.24, 2.45) is 0 Å². The minimum absolute atomic E-state index is 0.0744. The van der Waals surface area contributed by atoms with Crippen molar-refractivity contribution < 1.29 is 4.79 Å². The number of benzene rings is 2. The number of amides is 1. The van der Waals surface area contributed by atoms with Gasteiger partial charge >= 0.3 is 0 Å². The number of carbonyl (C=O) groups excluding carboxylic acids is 1. The van der Waals surface area contributed by atoms with Crippen LogP contribution in [0.4, 0.5) is 5.69 Å². The first kappa shape index (κ1) is 10.8. The predicted octanol–water partition coefficient (Wildman–Crippen LogP) is 2.42. The van der Waals surface area contributed by atoms with Crippen molar-refractivity contribution >= 4 is 11.6 Å². The molecule has 1 aliphatic rings. The van der Waals surface area contributed by atoms with Gasteiger partial charge in [0.1, 0.15) is 0 Å². The minimum Gasteiger partial charge on any atom is -0.399 e. The van der Waals surface area contributed by atoms with E-state index in [9.17, 15) is 4.79 Å². The summed E-state index contributed by atoms with van der Waals surface area (Å²) < 4.78 is 0. The van der Waals surface area contributed by atoms with Crippen molar-refractivity contribution in [3.63, 3.8) is 0 Å². The molecule has 3 nitrogen and oxygen atoms in total. The van der Waals surface area contributed by atoms with E-state index >= 15 is 0 Å². The quantitative estimate of drug-likeness (QED) is 0.775. The van der Waals surface area contributed by atoms with Crippen LogP contribution in [0.15, 0.2) is 48.5 Å². The number of carbonyl (C=O) groups is 1. The summed E-state index contributed by atoms with van der Waals surface area (Å²) >= 11 is 0. The molecule has 2 aromatic rings. The van der Waals surface area contributed by atoms with Crippen LogP contribution in [0.2, 0.25) is 0 Å². The summed E-state index contributed by atoms with van der Waals surface area (Å²) in [5.74, 6) is 0.0744. The lowest BCUT2D eigenvalue weighted by atomic mass is 10.1. The lowest BCUT2D eigenvalue weighted by Crippen LogP contribution is -2.25. The summed E-state index contributed by atoms with van der Waals surface area (Å²) in [7, 11) is 0. The third-order valence-corrected chi connectivity index (χ3v) is 3.26. The molecule has 0 saturated carbocycles. The highest BCUT2D eigenvalue weighted by Crippen LogP contribution is 2.25. The normalized spacial score (nSPS) is 13.4. The number of nitrogens with two attached hydrogens (primary N) is 1. The summed E-state index contributed by atoms with van der Waals surface area (Å²) in [6.07, 6.45) is 0. The average Bonchev–Trinajstić information content (AvgIpc) is 2.81. The smallest absolute Gasteiger partial charge is 0.254 e. The SMILES string of the molecule is Nc1ccc2c(c1)CN(C(=O)c1ccccc1)C2. The maximum absolute atomic E-state index is 12.3. The van der Waals surface area contributed by atoms with Crippen LogP contribution < -0.4 is 5.73 Å². The van der Waals surface area contributed by atoms with E-state index in [1.165, 1.54) is 5.56 Å². The second-order valence-corrected chi connectivity index (χ2v) is 4.56. The van der Waals surface area contributed by atoms with Gasteiger partial charge in [0.25, 0.3) is 5.91 Å². The third-order valence-electron chi connectivity index (χ3n) is 3.26. The largest absolute Gasteiger partial charge is 0.399 e. The summed E-state index contributed by atoms with van der Waals surface area (Å²) in [4.78, 5) is 14.1. The first-order valence-corrected chi connectivity index (χ1v) is 5.95. The van der Waals surface area contributed by atoms with Gasteiger partial charge in [0.2, 0.25) is 0 Å². The number of hydrogen-bond donors (Lipinski definition) is 1. The fourth-order valence-electron chi connectivity index (χ4n) is 2.32. The molecule has 1 amide bonds. The maximum atomic E-state index is 12.3. The molecule has 1 aliphatic heterocycles. The highest BCUT2D eigenvalue weighted by atomic mass is 16.2. The van der Waals surface area contributed by atoms with E-state index in [0.717, 1.165) is 16.8 Å². The molecule has 0 bridgehead atoms. The van der Waals surface area contributed by atoms with Crippen LogP contribution in [-0.2, 0) is 13.1 Å². The molecule has 0 atom stereocenters. The molecule has 2 aromatic carbocycles. The number of nitrogen functional groups attached to an aromatic ring is 1. The molecule has 1 heterocycles. The molecule has 2 N–H and O–H groups in total. The minimum atomic E-state index is 0.0744. The molecule has 90 valence electrons. The van der Waals surface area contributed by atoms with Gasteiger partial charge in [0.15, 0.2) is 0 Å². The second kappa shape index (κ2) is 4.18. The van der Waals surface area contributed by atoms with E-state index in [4.69, 9.17) is 5.73 Å². The van der Waals surface area contributed by atoms with Crippen molar-refractivity contribution in [2.75, 3.05) is 5.73 Å². The van der Waals surface area contributed by atoms with Crippen molar-refractivity contribution in [1.29, 1.82) is 0 Å². The summed E-state index contributed by atoms with van der Waals surface area (Å²) in [5.41, 5.74) is 9.59. The van der Waals surface area contributed by atoms with E-state index < -0.39 is 0 Å². The zero-order valence-corrected chi connectivity index (χ0v) is 9.97. The molecule has 3 rings (SSSR count).